The van der Waals surface area contributed by atoms with Crippen LogP contribution in [0.25, 0.3) is 0 Å². The molecule has 1 rings (SSSR count). The molecule has 13 heavy (non-hydrogen) atoms. The molecule has 0 fully saturated rings. The van der Waals surface area contributed by atoms with Gasteiger partial charge in [0.15, 0.2) is 0 Å². The van der Waals surface area contributed by atoms with Gasteiger partial charge in [0.1, 0.15) is 5.82 Å². The van der Waals surface area contributed by atoms with Crippen LogP contribution >= 0.6 is 0 Å². The lowest BCUT2D eigenvalue weighted by molar-refractivity contribution is -0.136. The van der Waals surface area contributed by atoms with Crippen molar-refractivity contribution in [2.24, 2.45) is 0 Å². The molecule has 2 N–H and O–H groups in total. The largest absolute Gasteiger partial charge is 0.480 e. The average Bonchev–Trinajstić information content (AvgIpc) is 2.51. The van der Waals surface area contributed by atoms with E-state index in [9.17, 15) is 4.79 Å². The van der Waals surface area contributed by atoms with Gasteiger partial charge < -0.3 is 9.67 Å². The molecule has 0 saturated carbocycles. The number of carboxylic acids is 1. The topological polar surface area (TPSA) is 67.2 Å². The van der Waals surface area contributed by atoms with Crippen LogP contribution in [0.3, 0.4) is 0 Å². The summed E-state index contributed by atoms with van der Waals surface area (Å²) in [5.41, 5.74) is 0. The summed E-state index contributed by atoms with van der Waals surface area (Å²) in [6.07, 6.45) is 3.58. The third-order valence-corrected chi connectivity index (χ3v) is 1.70. The van der Waals surface area contributed by atoms with E-state index < -0.39 is 5.97 Å². The molecule has 72 valence electrons. The van der Waals surface area contributed by atoms with Crippen molar-refractivity contribution in [1.29, 1.82) is 0 Å². The Balaban J connectivity index is 2.40. The van der Waals surface area contributed by atoms with Crippen molar-refractivity contribution >= 4 is 5.97 Å². The van der Waals surface area contributed by atoms with Crippen molar-refractivity contribution in [1.82, 2.24) is 14.9 Å². The molecule has 1 heterocycles. The van der Waals surface area contributed by atoms with Gasteiger partial charge in [-0.25, -0.2) is 4.98 Å². The number of hydrogen-bond donors (Lipinski definition) is 2. The minimum atomic E-state index is -0.852. The highest BCUT2D eigenvalue weighted by Gasteiger charge is 2.01. The Labute approximate surface area is 76.4 Å². The van der Waals surface area contributed by atoms with Crippen LogP contribution < -0.4 is 5.32 Å². The number of imidazole rings is 1. The Morgan fingerprint density at radius 1 is 1.77 bits per heavy atom. The third kappa shape index (κ3) is 2.87. The van der Waals surface area contributed by atoms with Crippen LogP contribution in [0.1, 0.15) is 12.7 Å². The first-order chi connectivity index (χ1) is 6.24. The number of nitrogens with zero attached hydrogens (tertiary/aromatic N) is 2. The van der Waals surface area contributed by atoms with E-state index in [1.807, 2.05) is 17.7 Å². The van der Waals surface area contributed by atoms with Crippen molar-refractivity contribution in [3.8, 4) is 0 Å². The molecule has 0 aromatic carbocycles. The first-order valence-electron chi connectivity index (χ1n) is 4.16. The summed E-state index contributed by atoms with van der Waals surface area (Å²) in [4.78, 5) is 14.3. The molecule has 0 atom stereocenters. The summed E-state index contributed by atoms with van der Waals surface area (Å²) in [6, 6.07) is 0. The van der Waals surface area contributed by atoms with Crippen LogP contribution in [-0.2, 0) is 17.9 Å². The van der Waals surface area contributed by atoms with Gasteiger partial charge in [0, 0.05) is 18.9 Å². The van der Waals surface area contributed by atoms with E-state index in [2.05, 4.69) is 10.3 Å². The van der Waals surface area contributed by atoms with E-state index in [1.165, 1.54) is 0 Å². The normalized spacial score (nSPS) is 10.2. The molecule has 1 aromatic rings. The number of aryl methyl sites for hydroxylation is 1. The lowest BCUT2D eigenvalue weighted by Gasteiger charge is -2.04. The van der Waals surface area contributed by atoms with E-state index in [4.69, 9.17) is 5.11 Å². The van der Waals surface area contributed by atoms with E-state index in [0.29, 0.717) is 6.54 Å². The number of nitrogens with one attached hydrogen (secondary N) is 1. The van der Waals surface area contributed by atoms with Crippen molar-refractivity contribution in [2.45, 2.75) is 20.0 Å². The first kappa shape index (κ1) is 9.73. The second-order valence-electron chi connectivity index (χ2n) is 2.63. The zero-order valence-corrected chi connectivity index (χ0v) is 7.53. The predicted octanol–water partition coefficient (Wildman–Crippen LogP) is 0.0772. The summed E-state index contributed by atoms with van der Waals surface area (Å²) < 4.78 is 1.97. The number of rotatable bonds is 5. The number of carboxylic acid groups (broad SMARTS) is 1. The molecule has 1 aromatic heterocycles. The van der Waals surface area contributed by atoms with Gasteiger partial charge in [0.05, 0.1) is 13.1 Å². The van der Waals surface area contributed by atoms with Gasteiger partial charge in [-0.05, 0) is 6.92 Å². The van der Waals surface area contributed by atoms with Gasteiger partial charge in [-0.15, -0.1) is 0 Å². The van der Waals surface area contributed by atoms with Crippen molar-refractivity contribution in [2.75, 3.05) is 6.54 Å². The molecule has 0 radical (unpaired) electrons. The number of hydrogen-bond acceptors (Lipinski definition) is 3. The minimum absolute atomic E-state index is 0.0312. The molecule has 5 heteroatoms. The average molecular weight is 183 g/mol. The summed E-state index contributed by atoms with van der Waals surface area (Å²) in [5.74, 6) is 0.0124. The Morgan fingerprint density at radius 2 is 2.54 bits per heavy atom. The number of aromatic nitrogens is 2. The number of carbonyl (C=O) groups is 1. The van der Waals surface area contributed by atoms with Gasteiger partial charge in [-0.1, -0.05) is 0 Å². The van der Waals surface area contributed by atoms with Crippen LogP contribution in [-0.4, -0.2) is 27.2 Å². The third-order valence-electron chi connectivity index (χ3n) is 1.70. The number of aliphatic carboxylic acids is 1. The maximum atomic E-state index is 10.2. The summed E-state index contributed by atoms with van der Waals surface area (Å²) in [7, 11) is 0. The predicted molar refractivity (Wildman–Crippen MR) is 47.2 cm³/mol. The van der Waals surface area contributed by atoms with Gasteiger partial charge in [-0.2, -0.15) is 0 Å². The lowest BCUT2D eigenvalue weighted by atomic mass is 10.5. The first-order valence-corrected chi connectivity index (χ1v) is 4.16. The smallest absolute Gasteiger partial charge is 0.317 e. The highest BCUT2D eigenvalue weighted by atomic mass is 16.4. The van der Waals surface area contributed by atoms with Crippen molar-refractivity contribution in [3.63, 3.8) is 0 Å². The molecule has 0 aliphatic heterocycles. The molecule has 0 unspecified atom stereocenters. The highest BCUT2D eigenvalue weighted by Crippen LogP contribution is 1.95. The molecule has 0 amide bonds. The SMILES string of the molecule is CCn1ccnc1CNCC(=O)O. The lowest BCUT2D eigenvalue weighted by Crippen LogP contribution is -2.23. The van der Waals surface area contributed by atoms with Gasteiger partial charge in [0.25, 0.3) is 0 Å². The summed E-state index contributed by atoms with van der Waals surface area (Å²) in [6.45, 7) is 3.33. The van der Waals surface area contributed by atoms with Crippen molar-refractivity contribution in [3.05, 3.63) is 18.2 Å². The van der Waals surface area contributed by atoms with Gasteiger partial charge in [0.2, 0.25) is 0 Å². The monoisotopic (exact) mass is 183 g/mol. The standard InChI is InChI=1S/C8H13N3O2/c1-2-11-4-3-10-7(11)5-9-6-8(12)13/h3-4,9H,2,5-6H2,1H3,(H,12,13). The molecular formula is C8H13N3O2. The van der Waals surface area contributed by atoms with Crippen LogP contribution in [0.4, 0.5) is 0 Å². The Bertz CT molecular complexity index is 283. The molecule has 0 aliphatic carbocycles. The molecule has 0 aliphatic rings. The molecule has 0 spiro atoms. The maximum absolute atomic E-state index is 10.2. The fourth-order valence-corrected chi connectivity index (χ4v) is 1.08. The summed E-state index contributed by atoms with van der Waals surface area (Å²) >= 11 is 0. The van der Waals surface area contributed by atoms with E-state index in [-0.39, 0.29) is 6.54 Å². The molecular weight excluding hydrogens is 170 g/mol. The fraction of sp³-hybridized carbons (Fsp3) is 0.500. The van der Waals surface area contributed by atoms with Gasteiger partial charge >= 0.3 is 5.97 Å². The van der Waals surface area contributed by atoms with Crippen LogP contribution in [0, 0.1) is 0 Å². The molecule has 5 nitrogen and oxygen atoms in total. The van der Waals surface area contributed by atoms with Crippen molar-refractivity contribution < 1.29 is 9.90 Å². The maximum Gasteiger partial charge on any atom is 0.317 e. The fourth-order valence-electron chi connectivity index (χ4n) is 1.08. The second-order valence-corrected chi connectivity index (χ2v) is 2.63. The Morgan fingerprint density at radius 3 is 3.15 bits per heavy atom. The zero-order valence-electron chi connectivity index (χ0n) is 7.53. The Hall–Kier alpha value is -1.36. The highest BCUT2D eigenvalue weighted by molar-refractivity contribution is 5.68. The minimum Gasteiger partial charge on any atom is -0.480 e. The van der Waals surface area contributed by atoms with E-state index >= 15 is 0 Å². The van der Waals surface area contributed by atoms with E-state index in [1.54, 1.807) is 6.20 Å². The zero-order chi connectivity index (χ0) is 9.68. The van der Waals surface area contributed by atoms with Gasteiger partial charge in [-0.3, -0.25) is 10.1 Å². The quantitative estimate of drug-likeness (QED) is 0.678. The van der Waals surface area contributed by atoms with Crippen LogP contribution in [0.5, 0.6) is 0 Å². The molecule has 0 bridgehead atoms. The Kier molecular flexibility index (Phi) is 3.45. The van der Waals surface area contributed by atoms with Crippen LogP contribution in [0.2, 0.25) is 0 Å². The summed E-state index contributed by atoms with van der Waals surface area (Å²) in [5, 5.41) is 11.2. The van der Waals surface area contributed by atoms with E-state index in [0.717, 1.165) is 12.4 Å². The second kappa shape index (κ2) is 4.61. The molecule has 0 saturated heterocycles. The van der Waals surface area contributed by atoms with Crippen LogP contribution in [0.15, 0.2) is 12.4 Å².